The second-order valence-electron chi connectivity index (χ2n) is 5.31. The Balaban J connectivity index is 2.07. The van der Waals surface area contributed by atoms with Crippen LogP contribution >= 0.6 is 0 Å². The number of esters is 1. The monoisotopic (exact) mass is 390 g/mol. The van der Waals surface area contributed by atoms with E-state index in [9.17, 15) is 19.7 Å². The van der Waals surface area contributed by atoms with Crippen molar-refractivity contribution < 1.29 is 33.5 Å². The summed E-state index contributed by atoms with van der Waals surface area (Å²) in [4.78, 5) is 34.4. The molecule has 2 rings (SSSR count). The van der Waals surface area contributed by atoms with Crippen LogP contribution in [0.15, 0.2) is 36.4 Å². The molecule has 0 spiro atoms. The first-order valence-electron chi connectivity index (χ1n) is 7.91. The van der Waals surface area contributed by atoms with Crippen molar-refractivity contribution in [3.05, 3.63) is 52.1 Å². The Labute approximate surface area is 160 Å². The van der Waals surface area contributed by atoms with Crippen molar-refractivity contribution in [3.8, 4) is 17.2 Å². The van der Waals surface area contributed by atoms with E-state index in [2.05, 4.69) is 5.32 Å². The zero-order valence-electron chi connectivity index (χ0n) is 15.4. The summed E-state index contributed by atoms with van der Waals surface area (Å²) in [5.74, 6) is -0.623. The molecule has 10 heteroatoms. The molecule has 0 atom stereocenters. The van der Waals surface area contributed by atoms with Crippen molar-refractivity contribution in [1.82, 2.24) is 0 Å². The Morgan fingerprint density at radius 1 is 1.04 bits per heavy atom. The number of nitro groups is 1. The molecule has 0 bridgehead atoms. The van der Waals surface area contributed by atoms with Crippen LogP contribution in [0.1, 0.15) is 10.4 Å². The summed E-state index contributed by atoms with van der Waals surface area (Å²) in [5, 5.41) is 13.5. The lowest BCUT2D eigenvalue weighted by atomic mass is 10.2. The quantitative estimate of drug-likeness (QED) is 0.414. The van der Waals surface area contributed by atoms with Gasteiger partial charge in [-0.2, -0.15) is 0 Å². The van der Waals surface area contributed by atoms with Gasteiger partial charge >= 0.3 is 5.97 Å². The van der Waals surface area contributed by atoms with Crippen molar-refractivity contribution >= 4 is 23.3 Å². The first-order chi connectivity index (χ1) is 13.4. The summed E-state index contributed by atoms with van der Waals surface area (Å²) < 4.78 is 20.4. The first-order valence-corrected chi connectivity index (χ1v) is 7.91. The first kappa shape index (κ1) is 20.5. The standard InChI is InChI=1S/C18H18N2O8/c1-25-14-8-11(9-15(26-2)17(14)27-3)19-16(21)10-28-18(22)12-6-4-5-7-13(12)20(23)24/h4-9H,10H2,1-3H3,(H,19,21). The molecule has 0 radical (unpaired) electrons. The minimum Gasteiger partial charge on any atom is -0.493 e. The van der Waals surface area contributed by atoms with E-state index in [0.29, 0.717) is 22.9 Å². The van der Waals surface area contributed by atoms with Crippen LogP contribution in [0.25, 0.3) is 0 Å². The van der Waals surface area contributed by atoms with Gasteiger partial charge in [0.05, 0.1) is 26.3 Å². The van der Waals surface area contributed by atoms with Gasteiger partial charge in [0.25, 0.3) is 11.6 Å². The van der Waals surface area contributed by atoms with Crippen LogP contribution in [0, 0.1) is 10.1 Å². The van der Waals surface area contributed by atoms with Crippen molar-refractivity contribution in [2.75, 3.05) is 33.3 Å². The number of nitro benzene ring substituents is 1. The lowest BCUT2D eigenvalue weighted by molar-refractivity contribution is -0.385. The summed E-state index contributed by atoms with van der Waals surface area (Å²) in [6.45, 7) is -0.637. The second-order valence-corrected chi connectivity index (χ2v) is 5.31. The molecule has 0 unspecified atom stereocenters. The third-order valence-electron chi connectivity index (χ3n) is 3.60. The lowest BCUT2D eigenvalue weighted by Crippen LogP contribution is -2.21. The minimum atomic E-state index is -0.979. The van der Waals surface area contributed by atoms with Crippen molar-refractivity contribution in [1.29, 1.82) is 0 Å². The van der Waals surface area contributed by atoms with Gasteiger partial charge in [-0.15, -0.1) is 0 Å². The minimum absolute atomic E-state index is 0.243. The number of rotatable bonds is 8. The normalized spacial score (nSPS) is 9.96. The fourth-order valence-electron chi connectivity index (χ4n) is 2.36. The molecule has 1 N–H and O–H groups in total. The summed E-state index contributed by atoms with van der Waals surface area (Å²) in [7, 11) is 4.30. The molecule has 0 aliphatic carbocycles. The van der Waals surface area contributed by atoms with E-state index >= 15 is 0 Å². The number of benzene rings is 2. The lowest BCUT2D eigenvalue weighted by Gasteiger charge is -2.14. The third kappa shape index (κ3) is 4.67. The molecular weight excluding hydrogens is 372 g/mol. The van der Waals surface area contributed by atoms with Crippen LogP contribution in [0.3, 0.4) is 0 Å². The number of nitrogens with one attached hydrogen (secondary N) is 1. The Bertz CT molecular complexity index is 872. The van der Waals surface area contributed by atoms with E-state index in [0.717, 1.165) is 0 Å². The van der Waals surface area contributed by atoms with Gasteiger partial charge in [0.15, 0.2) is 18.1 Å². The van der Waals surface area contributed by atoms with Gasteiger partial charge in [-0.05, 0) is 6.07 Å². The largest absolute Gasteiger partial charge is 0.493 e. The molecule has 0 aliphatic rings. The summed E-state index contributed by atoms with van der Waals surface area (Å²) in [5.41, 5.74) is -0.327. The smallest absolute Gasteiger partial charge is 0.345 e. The van der Waals surface area contributed by atoms with E-state index in [4.69, 9.17) is 18.9 Å². The van der Waals surface area contributed by atoms with Crippen LogP contribution in [-0.4, -0.2) is 44.7 Å². The van der Waals surface area contributed by atoms with E-state index in [1.54, 1.807) is 0 Å². The van der Waals surface area contributed by atoms with Crippen LogP contribution in [-0.2, 0) is 9.53 Å². The van der Waals surface area contributed by atoms with Gasteiger partial charge in [-0.25, -0.2) is 4.79 Å². The maximum atomic E-state index is 12.1. The van der Waals surface area contributed by atoms with Crippen molar-refractivity contribution in [2.45, 2.75) is 0 Å². The van der Waals surface area contributed by atoms with Gasteiger partial charge in [0, 0.05) is 23.9 Å². The molecule has 0 saturated carbocycles. The summed E-state index contributed by atoms with van der Waals surface area (Å²) in [6.07, 6.45) is 0. The number of carbonyl (C=O) groups is 2. The van der Waals surface area contributed by atoms with Gasteiger partial charge in [-0.3, -0.25) is 14.9 Å². The van der Waals surface area contributed by atoms with Crippen LogP contribution in [0.4, 0.5) is 11.4 Å². The highest BCUT2D eigenvalue weighted by Crippen LogP contribution is 2.39. The molecule has 1 amide bonds. The van der Waals surface area contributed by atoms with E-state index in [1.807, 2.05) is 0 Å². The highest BCUT2D eigenvalue weighted by Gasteiger charge is 2.21. The third-order valence-corrected chi connectivity index (χ3v) is 3.60. The average molecular weight is 390 g/mol. The molecule has 148 valence electrons. The average Bonchev–Trinajstić information content (AvgIpc) is 2.71. The van der Waals surface area contributed by atoms with Crippen LogP contribution in [0.5, 0.6) is 17.2 Å². The topological polar surface area (TPSA) is 126 Å². The van der Waals surface area contributed by atoms with Crippen LogP contribution < -0.4 is 19.5 Å². The Morgan fingerprint density at radius 2 is 1.64 bits per heavy atom. The molecule has 10 nitrogen and oxygen atoms in total. The number of hydrogen-bond acceptors (Lipinski definition) is 8. The Hall–Kier alpha value is -3.82. The molecular formula is C18H18N2O8. The number of nitrogens with zero attached hydrogens (tertiary/aromatic N) is 1. The van der Waals surface area contributed by atoms with Gasteiger partial charge in [0.2, 0.25) is 5.75 Å². The Morgan fingerprint density at radius 3 is 2.18 bits per heavy atom. The molecule has 28 heavy (non-hydrogen) atoms. The molecule has 0 fully saturated rings. The van der Waals surface area contributed by atoms with E-state index in [1.165, 1.54) is 57.7 Å². The second kappa shape index (κ2) is 9.21. The highest BCUT2D eigenvalue weighted by atomic mass is 16.6. The maximum absolute atomic E-state index is 12.1. The van der Waals surface area contributed by atoms with Gasteiger partial charge in [-0.1, -0.05) is 12.1 Å². The fourth-order valence-corrected chi connectivity index (χ4v) is 2.36. The predicted octanol–water partition coefficient (Wildman–Crippen LogP) is 2.42. The molecule has 0 aliphatic heterocycles. The molecule has 0 heterocycles. The fraction of sp³-hybridized carbons (Fsp3) is 0.222. The van der Waals surface area contributed by atoms with E-state index in [-0.39, 0.29) is 5.56 Å². The van der Waals surface area contributed by atoms with E-state index < -0.39 is 29.1 Å². The molecule has 2 aromatic carbocycles. The number of methoxy groups -OCH3 is 3. The molecule has 2 aromatic rings. The predicted molar refractivity (Wildman–Crippen MR) is 98.1 cm³/mol. The Kier molecular flexibility index (Phi) is 6.74. The zero-order chi connectivity index (χ0) is 20.7. The number of hydrogen-bond donors (Lipinski definition) is 1. The SMILES string of the molecule is COc1cc(NC(=O)COC(=O)c2ccccc2[N+](=O)[O-])cc(OC)c1OC. The zero-order valence-corrected chi connectivity index (χ0v) is 15.4. The number of carbonyl (C=O) groups excluding carboxylic acids is 2. The van der Waals surface area contributed by atoms with Crippen molar-refractivity contribution in [3.63, 3.8) is 0 Å². The maximum Gasteiger partial charge on any atom is 0.345 e. The van der Waals surface area contributed by atoms with Gasteiger partial charge < -0.3 is 24.3 Å². The number of amides is 1. The van der Waals surface area contributed by atoms with Crippen molar-refractivity contribution in [2.24, 2.45) is 0 Å². The summed E-state index contributed by atoms with van der Waals surface area (Å²) in [6, 6.07) is 8.31. The van der Waals surface area contributed by atoms with Gasteiger partial charge in [0.1, 0.15) is 5.56 Å². The number of para-hydroxylation sites is 1. The highest BCUT2D eigenvalue weighted by molar-refractivity contribution is 5.97. The molecule has 0 saturated heterocycles. The summed E-state index contributed by atoms with van der Waals surface area (Å²) >= 11 is 0. The van der Waals surface area contributed by atoms with Crippen LogP contribution in [0.2, 0.25) is 0 Å². The number of anilines is 1. The number of ether oxygens (including phenoxy) is 4. The molecule has 0 aromatic heterocycles.